The molecule has 0 aromatic carbocycles. The summed E-state index contributed by atoms with van der Waals surface area (Å²) in [7, 11) is 0. The molecule has 1 heterocycles. The highest BCUT2D eigenvalue weighted by Gasteiger charge is 2.27. The van der Waals surface area contributed by atoms with Gasteiger partial charge in [0, 0.05) is 30.3 Å². The van der Waals surface area contributed by atoms with Gasteiger partial charge >= 0.3 is 0 Å². The second-order valence-corrected chi connectivity index (χ2v) is 10.5. The summed E-state index contributed by atoms with van der Waals surface area (Å²) in [6.45, 7) is 15.1. The molecule has 0 unspecified atom stereocenters. The third-order valence-corrected chi connectivity index (χ3v) is 5.28. The van der Waals surface area contributed by atoms with Crippen LogP contribution in [-0.4, -0.2) is 46.8 Å². The van der Waals surface area contributed by atoms with Gasteiger partial charge in [-0.25, -0.2) is 0 Å². The van der Waals surface area contributed by atoms with Gasteiger partial charge in [-0.3, -0.25) is 9.59 Å². The molecule has 2 amide bonds. The molecule has 0 saturated carbocycles. The average Bonchev–Trinajstić information content (AvgIpc) is 2.42. The Kier molecular flexibility index (Phi) is 7.43. The van der Waals surface area contributed by atoms with Gasteiger partial charge in [-0.1, -0.05) is 41.5 Å². The SMILES string of the molecule is CC(C)(C)CCNC(=O)C1CCN(C(=O)CSC(C)(C)C)CC1. The molecule has 0 radical (unpaired) electrons. The minimum Gasteiger partial charge on any atom is -0.356 e. The first kappa shape index (κ1) is 20.3. The zero-order chi connectivity index (χ0) is 17.7. The van der Waals surface area contributed by atoms with Crippen LogP contribution in [0.2, 0.25) is 0 Å². The molecule has 1 aliphatic heterocycles. The number of carbonyl (C=O) groups excluding carboxylic acids is 2. The monoisotopic (exact) mass is 342 g/mol. The molecular formula is C18H34N2O2S. The third-order valence-electron chi connectivity index (χ3n) is 4.02. The van der Waals surface area contributed by atoms with E-state index >= 15 is 0 Å². The Morgan fingerprint density at radius 2 is 1.65 bits per heavy atom. The maximum absolute atomic E-state index is 12.2. The fourth-order valence-corrected chi connectivity index (χ4v) is 3.20. The van der Waals surface area contributed by atoms with E-state index in [1.165, 1.54) is 0 Å². The highest BCUT2D eigenvalue weighted by molar-refractivity contribution is 8.01. The Labute approximate surface area is 146 Å². The summed E-state index contributed by atoms with van der Waals surface area (Å²) in [5.74, 6) is 0.961. The standard InChI is InChI=1S/C18H34N2O2S/c1-17(2,3)9-10-19-16(22)14-7-11-20(12-8-14)15(21)13-23-18(4,5)6/h14H,7-13H2,1-6H3,(H,19,22). The maximum atomic E-state index is 12.2. The van der Waals surface area contributed by atoms with E-state index < -0.39 is 0 Å². The van der Waals surface area contributed by atoms with E-state index in [9.17, 15) is 9.59 Å². The summed E-state index contributed by atoms with van der Waals surface area (Å²) in [5.41, 5.74) is 0.244. The van der Waals surface area contributed by atoms with Gasteiger partial charge in [0.1, 0.15) is 0 Å². The molecule has 23 heavy (non-hydrogen) atoms. The van der Waals surface area contributed by atoms with E-state index in [0.717, 1.165) is 25.8 Å². The second-order valence-electron chi connectivity index (χ2n) is 8.66. The zero-order valence-electron chi connectivity index (χ0n) is 15.7. The van der Waals surface area contributed by atoms with Crippen LogP contribution in [0, 0.1) is 11.3 Å². The van der Waals surface area contributed by atoms with Crippen LogP contribution in [0.15, 0.2) is 0 Å². The number of rotatable bonds is 5. The highest BCUT2D eigenvalue weighted by atomic mass is 32.2. The number of piperidine rings is 1. The van der Waals surface area contributed by atoms with Crippen molar-refractivity contribution in [3.05, 3.63) is 0 Å². The fraction of sp³-hybridized carbons (Fsp3) is 0.889. The molecule has 0 spiro atoms. The van der Waals surface area contributed by atoms with Crippen LogP contribution < -0.4 is 5.32 Å². The van der Waals surface area contributed by atoms with E-state index in [0.29, 0.717) is 18.8 Å². The number of hydrogen-bond acceptors (Lipinski definition) is 3. The lowest BCUT2D eigenvalue weighted by Crippen LogP contribution is -2.44. The Morgan fingerprint density at radius 3 is 2.13 bits per heavy atom. The minimum atomic E-state index is 0.0642. The molecule has 5 heteroatoms. The van der Waals surface area contributed by atoms with Crippen LogP contribution in [0.1, 0.15) is 60.8 Å². The first-order valence-corrected chi connectivity index (χ1v) is 9.66. The molecule has 1 N–H and O–H groups in total. The number of nitrogens with one attached hydrogen (secondary N) is 1. The molecule has 1 fully saturated rings. The van der Waals surface area contributed by atoms with Gasteiger partial charge in [-0.05, 0) is 24.7 Å². The van der Waals surface area contributed by atoms with Crippen molar-refractivity contribution in [2.45, 2.75) is 65.6 Å². The molecule has 1 rings (SSSR count). The highest BCUT2D eigenvalue weighted by Crippen LogP contribution is 2.25. The van der Waals surface area contributed by atoms with Crippen LogP contribution in [0.4, 0.5) is 0 Å². The first-order valence-electron chi connectivity index (χ1n) is 8.67. The molecular weight excluding hydrogens is 308 g/mol. The van der Waals surface area contributed by atoms with Crippen molar-refractivity contribution in [2.24, 2.45) is 11.3 Å². The average molecular weight is 343 g/mol. The molecule has 0 aromatic heterocycles. The molecule has 0 bridgehead atoms. The lowest BCUT2D eigenvalue weighted by molar-refractivity contribution is -0.133. The van der Waals surface area contributed by atoms with Crippen molar-refractivity contribution in [2.75, 3.05) is 25.4 Å². The minimum absolute atomic E-state index is 0.0642. The predicted molar refractivity (Wildman–Crippen MR) is 98.6 cm³/mol. The Bertz CT molecular complexity index is 402. The van der Waals surface area contributed by atoms with Crippen molar-refractivity contribution in [1.29, 1.82) is 0 Å². The fourth-order valence-electron chi connectivity index (χ4n) is 2.47. The van der Waals surface area contributed by atoms with Crippen LogP contribution in [0.5, 0.6) is 0 Å². The van der Waals surface area contributed by atoms with Gasteiger partial charge < -0.3 is 10.2 Å². The maximum Gasteiger partial charge on any atom is 0.232 e. The summed E-state index contributed by atoms with van der Waals surface area (Å²) in [4.78, 5) is 26.3. The smallest absolute Gasteiger partial charge is 0.232 e. The van der Waals surface area contributed by atoms with E-state index in [2.05, 4.69) is 46.9 Å². The molecule has 0 aromatic rings. The van der Waals surface area contributed by atoms with Gasteiger partial charge in [0.15, 0.2) is 0 Å². The summed E-state index contributed by atoms with van der Waals surface area (Å²) in [6, 6.07) is 0. The molecule has 0 aliphatic carbocycles. The number of hydrogen-bond donors (Lipinski definition) is 1. The van der Waals surface area contributed by atoms with Gasteiger partial charge in [0.25, 0.3) is 0 Å². The van der Waals surface area contributed by atoms with E-state index in [1.54, 1.807) is 11.8 Å². The van der Waals surface area contributed by atoms with Crippen LogP contribution in [-0.2, 0) is 9.59 Å². The molecule has 1 saturated heterocycles. The van der Waals surface area contributed by atoms with E-state index in [1.807, 2.05) is 4.90 Å². The van der Waals surface area contributed by atoms with E-state index in [-0.39, 0.29) is 27.9 Å². The number of likely N-dealkylation sites (tertiary alicyclic amines) is 1. The summed E-state index contributed by atoms with van der Waals surface area (Å²) in [5, 5.41) is 3.05. The van der Waals surface area contributed by atoms with Crippen molar-refractivity contribution < 1.29 is 9.59 Å². The number of amides is 2. The number of nitrogens with zero attached hydrogens (tertiary/aromatic N) is 1. The predicted octanol–water partition coefficient (Wildman–Crippen LogP) is 3.31. The van der Waals surface area contributed by atoms with Gasteiger partial charge in [-0.15, -0.1) is 11.8 Å². The molecule has 1 aliphatic rings. The van der Waals surface area contributed by atoms with Crippen LogP contribution in [0.25, 0.3) is 0 Å². The van der Waals surface area contributed by atoms with Crippen molar-refractivity contribution in [3.8, 4) is 0 Å². The van der Waals surface area contributed by atoms with Gasteiger partial charge in [0.05, 0.1) is 5.75 Å². The molecule has 134 valence electrons. The lowest BCUT2D eigenvalue weighted by atomic mass is 9.92. The molecule has 4 nitrogen and oxygen atoms in total. The van der Waals surface area contributed by atoms with Crippen molar-refractivity contribution >= 4 is 23.6 Å². The Morgan fingerprint density at radius 1 is 1.09 bits per heavy atom. The largest absolute Gasteiger partial charge is 0.356 e. The van der Waals surface area contributed by atoms with Gasteiger partial charge in [-0.2, -0.15) is 0 Å². The quantitative estimate of drug-likeness (QED) is 0.834. The summed E-state index contributed by atoms with van der Waals surface area (Å²) >= 11 is 1.69. The normalized spacial score (nSPS) is 17.2. The van der Waals surface area contributed by atoms with Gasteiger partial charge in [0.2, 0.25) is 11.8 Å². The van der Waals surface area contributed by atoms with Crippen molar-refractivity contribution in [3.63, 3.8) is 0 Å². The summed E-state index contributed by atoms with van der Waals surface area (Å²) in [6.07, 6.45) is 2.56. The van der Waals surface area contributed by atoms with Crippen LogP contribution >= 0.6 is 11.8 Å². The number of carbonyl (C=O) groups is 2. The van der Waals surface area contributed by atoms with Crippen molar-refractivity contribution in [1.82, 2.24) is 10.2 Å². The van der Waals surface area contributed by atoms with E-state index in [4.69, 9.17) is 0 Å². The summed E-state index contributed by atoms with van der Waals surface area (Å²) < 4.78 is 0.112. The zero-order valence-corrected chi connectivity index (χ0v) is 16.5. The number of thioether (sulfide) groups is 1. The second kappa shape index (κ2) is 8.41. The topological polar surface area (TPSA) is 49.4 Å². The van der Waals surface area contributed by atoms with Crippen LogP contribution in [0.3, 0.4) is 0 Å². The first-order chi connectivity index (χ1) is 10.5. The Hall–Kier alpha value is -0.710. The Balaban J connectivity index is 2.29. The third kappa shape index (κ3) is 8.63. The molecule has 0 atom stereocenters. The lowest BCUT2D eigenvalue weighted by Gasteiger charge is -2.32.